The summed E-state index contributed by atoms with van der Waals surface area (Å²) in [4.78, 5) is 17.7. The Hall–Kier alpha value is -1.45. The van der Waals surface area contributed by atoms with Crippen LogP contribution in [0.2, 0.25) is 0 Å². The molecule has 1 aliphatic rings. The maximum atomic E-state index is 13.5. The molecule has 1 aromatic heterocycles. The summed E-state index contributed by atoms with van der Waals surface area (Å²) in [5.41, 5.74) is 0.133. The zero-order valence-electron chi connectivity index (χ0n) is 10.0. The second-order valence-electron chi connectivity index (χ2n) is 4.38. The van der Waals surface area contributed by atoms with Gasteiger partial charge in [-0.25, -0.2) is 4.39 Å². The van der Waals surface area contributed by atoms with Gasteiger partial charge in [0.15, 0.2) is 5.82 Å². The summed E-state index contributed by atoms with van der Waals surface area (Å²) in [6.45, 7) is 2.57. The largest absolute Gasteiger partial charge is 0.336 e. The van der Waals surface area contributed by atoms with Crippen molar-refractivity contribution in [3.05, 3.63) is 29.8 Å². The molecule has 0 aromatic carbocycles. The van der Waals surface area contributed by atoms with Crippen molar-refractivity contribution in [3.8, 4) is 0 Å². The van der Waals surface area contributed by atoms with Crippen LogP contribution in [0.4, 0.5) is 4.39 Å². The Morgan fingerprint density at radius 3 is 2.82 bits per heavy atom. The van der Waals surface area contributed by atoms with Gasteiger partial charge in [0.25, 0.3) is 5.91 Å². The minimum atomic E-state index is -0.533. The molecule has 17 heavy (non-hydrogen) atoms. The van der Waals surface area contributed by atoms with E-state index >= 15 is 0 Å². The van der Waals surface area contributed by atoms with E-state index in [1.165, 1.54) is 12.3 Å². The zero-order chi connectivity index (χ0) is 12.3. The van der Waals surface area contributed by atoms with E-state index in [-0.39, 0.29) is 17.5 Å². The van der Waals surface area contributed by atoms with Crippen molar-refractivity contribution < 1.29 is 9.18 Å². The molecule has 0 aliphatic heterocycles. The minimum absolute atomic E-state index is 0.133. The van der Waals surface area contributed by atoms with Gasteiger partial charge in [0.1, 0.15) is 0 Å². The van der Waals surface area contributed by atoms with E-state index < -0.39 is 5.82 Å². The molecule has 1 heterocycles. The van der Waals surface area contributed by atoms with Crippen molar-refractivity contribution in [2.24, 2.45) is 0 Å². The lowest BCUT2D eigenvalue weighted by Gasteiger charge is -2.27. The van der Waals surface area contributed by atoms with E-state index in [0.717, 1.165) is 31.9 Å². The van der Waals surface area contributed by atoms with Gasteiger partial charge in [-0.3, -0.25) is 9.78 Å². The van der Waals surface area contributed by atoms with Gasteiger partial charge < -0.3 is 4.90 Å². The highest BCUT2D eigenvalue weighted by atomic mass is 19.1. The summed E-state index contributed by atoms with van der Waals surface area (Å²) in [5.74, 6) is -0.742. The molecule has 1 aromatic rings. The Balaban J connectivity index is 2.20. The summed E-state index contributed by atoms with van der Waals surface area (Å²) in [5, 5.41) is 0. The van der Waals surface area contributed by atoms with Crippen LogP contribution in [0, 0.1) is 5.82 Å². The highest BCUT2D eigenvalue weighted by Gasteiger charge is 2.27. The number of halogens is 1. The Kier molecular flexibility index (Phi) is 3.71. The van der Waals surface area contributed by atoms with E-state index in [0.29, 0.717) is 6.54 Å². The normalized spacial score (nSPS) is 16.1. The lowest BCUT2D eigenvalue weighted by Crippen LogP contribution is -2.39. The molecule has 3 nitrogen and oxygen atoms in total. The standard InChI is InChI=1S/C13H17FN2O/c1-2-16(10-5-3-4-6-10)13(17)11-7-8-15-9-12(11)14/h7-10H,2-6H2,1H3. The van der Waals surface area contributed by atoms with Crippen molar-refractivity contribution in [3.63, 3.8) is 0 Å². The summed E-state index contributed by atoms with van der Waals surface area (Å²) in [7, 11) is 0. The molecule has 1 amide bonds. The lowest BCUT2D eigenvalue weighted by molar-refractivity contribution is 0.0688. The summed E-state index contributed by atoms with van der Waals surface area (Å²) >= 11 is 0. The molecule has 0 saturated heterocycles. The van der Waals surface area contributed by atoms with E-state index in [4.69, 9.17) is 0 Å². The molecule has 0 N–H and O–H groups in total. The first-order valence-corrected chi connectivity index (χ1v) is 6.14. The van der Waals surface area contributed by atoms with Crippen LogP contribution in [0.25, 0.3) is 0 Å². The molecule has 0 radical (unpaired) electrons. The van der Waals surface area contributed by atoms with Crippen LogP contribution in [0.15, 0.2) is 18.5 Å². The smallest absolute Gasteiger partial charge is 0.257 e. The Morgan fingerprint density at radius 2 is 2.24 bits per heavy atom. The molecular weight excluding hydrogens is 219 g/mol. The van der Waals surface area contributed by atoms with Crippen molar-refractivity contribution in [2.45, 2.75) is 38.6 Å². The number of rotatable bonds is 3. The van der Waals surface area contributed by atoms with E-state index in [1.54, 1.807) is 4.90 Å². The highest BCUT2D eigenvalue weighted by Crippen LogP contribution is 2.25. The number of carbonyl (C=O) groups excluding carboxylic acids is 1. The van der Waals surface area contributed by atoms with Crippen LogP contribution in [-0.4, -0.2) is 28.4 Å². The van der Waals surface area contributed by atoms with Gasteiger partial charge in [0, 0.05) is 18.8 Å². The van der Waals surface area contributed by atoms with Gasteiger partial charge in [-0.05, 0) is 25.8 Å². The summed E-state index contributed by atoms with van der Waals surface area (Å²) < 4.78 is 13.5. The first-order chi connectivity index (χ1) is 8.24. The third kappa shape index (κ3) is 2.46. The molecular formula is C13H17FN2O. The van der Waals surface area contributed by atoms with Gasteiger partial charge in [-0.2, -0.15) is 0 Å². The fourth-order valence-corrected chi connectivity index (χ4v) is 2.49. The maximum absolute atomic E-state index is 13.5. The molecule has 92 valence electrons. The number of hydrogen-bond donors (Lipinski definition) is 0. The molecule has 1 saturated carbocycles. The second kappa shape index (κ2) is 5.25. The predicted molar refractivity (Wildman–Crippen MR) is 63.2 cm³/mol. The van der Waals surface area contributed by atoms with Crippen LogP contribution in [0.1, 0.15) is 43.0 Å². The predicted octanol–water partition coefficient (Wildman–Crippen LogP) is 2.63. The molecule has 2 rings (SSSR count). The molecule has 1 aliphatic carbocycles. The highest BCUT2D eigenvalue weighted by molar-refractivity contribution is 5.94. The molecule has 1 fully saturated rings. The van der Waals surface area contributed by atoms with E-state index in [9.17, 15) is 9.18 Å². The van der Waals surface area contributed by atoms with Crippen LogP contribution in [-0.2, 0) is 0 Å². The maximum Gasteiger partial charge on any atom is 0.257 e. The topological polar surface area (TPSA) is 33.2 Å². The minimum Gasteiger partial charge on any atom is -0.336 e. The monoisotopic (exact) mass is 236 g/mol. The van der Waals surface area contributed by atoms with Gasteiger partial charge in [0.05, 0.1) is 11.8 Å². The average molecular weight is 236 g/mol. The Morgan fingerprint density at radius 1 is 1.53 bits per heavy atom. The van der Waals surface area contributed by atoms with Crippen LogP contribution < -0.4 is 0 Å². The summed E-state index contributed by atoms with van der Waals surface area (Å²) in [6.07, 6.45) is 6.94. The second-order valence-corrected chi connectivity index (χ2v) is 4.38. The van der Waals surface area contributed by atoms with Crippen molar-refractivity contribution >= 4 is 5.91 Å². The van der Waals surface area contributed by atoms with Gasteiger partial charge in [-0.15, -0.1) is 0 Å². The van der Waals surface area contributed by atoms with Gasteiger partial charge in [0.2, 0.25) is 0 Å². The number of amides is 1. The fraction of sp³-hybridized carbons (Fsp3) is 0.538. The number of pyridine rings is 1. The lowest BCUT2D eigenvalue weighted by atomic mass is 10.1. The molecule has 0 unspecified atom stereocenters. The van der Waals surface area contributed by atoms with Gasteiger partial charge in [-0.1, -0.05) is 12.8 Å². The average Bonchev–Trinajstić information content (AvgIpc) is 2.84. The third-order valence-corrected chi connectivity index (χ3v) is 3.37. The number of hydrogen-bond acceptors (Lipinski definition) is 2. The molecule has 0 bridgehead atoms. The molecule has 0 spiro atoms. The molecule has 4 heteroatoms. The van der Waals surface area contributed by atoms with Crippen LogP contribution in [0.5, 0.6) is 0 Å². The zero-order valence-corrected chi connectivity index (χ0v) is 10.0. The fourth-order valence-electron chi connectivity index (χ4n) is 2.49. The van der Waals surface area contributed by atoms with Crippen molar-refractivity contribution in [1.82, 2.24) is 9.88 Å². The number of nitrogens with zero attached hydrogens (tertiary/aromatic N) is 2. The first kappa shape index (κ1) is 12.0. The first-order valence-electron chi connectivity index (χ1n) is 6.14. The SMILES string of the molecule is CCN(C(=O)c1ccncc1F)C1CCCC1. The number of aromatic nitrogens is 1. The number of carbonyl (C=O) groups is 1. The molecule has 0 atom stereocenters. The third-order valence-electron chi connectivity index (χ3n) is 3.37. The van der Waals surface area contributed by atoms with Crippen molar-refractivity contribution in [1.29, 1.82) is 0 Å². The Labute approximate surface area is 101 Å². The quantitative estimate of drug-likeness (QED) is 0.808. The van der Waals surface area contributed by atoms with E-state index in [1.807, 2.05) is 6.92 Å². The summed E-state index contributed by atoms with van der Waals surface area (Å²) in [6, 6.07) is 1.73. The van der Waals surface area contributed by atoms with Crippen molar-refractivity contribution in [2.75, 3.05) is 6.54 Å². The van der Waals surface area contributed by atoms with E-state index in [2.05, 4.69) is 4.98 Å². The van der Waals surface area contributed by atoms with Crippen LogP contribution in [0.3, 0.4) is 0 Å². The van der Waals surface area contributed by atoms with Crippen LogP contribution >= 0.6 is 0 Å². The Bertz CT molecular complexity index is 402. The van der Waals surface area contributed by atoms with Gasteiger partial charge >= 0.3 is 0 Å².